The van der Waals surface area contributed by atoms with Crippen molar-refractivity contribution in [1.82, 2.24) is 10.3 Å². The largest absolute Gasteiger partial charge is 0.377 e. The summed E-state index contributed by atoms with van der Waals surface area (Å²) < 4.78 is 5.36. The van der Waals surface area contributed by atoms with Crippen LogP contribution >= 0.6 is 11.6 Å². The average Bonchev–Trinajstić information content (AvgIpc) is 2.46. The first-order valence-electron chi connectivity index (χ1n) is 6.35. The number of hydrogen-bond donors (Lipinski definition) is 1. The van der Waals surface area contributed by atoms with E-state index in [1.807, 2.05) is 17.9 Å². The Morgan fingerprint density at radius 2 is 2.50 bits per heavy atom. The molecule has 1 fully saturated rings. The number of halogens is 1. The first-order valence-corrected chi connectivity index (χ1v) is 6.73. The maximum atomic E-state index is 12.1. The zero-order valence-electron chi connectivity index (χ0n) is 11.1. The van der Waals surface area contributed by atoms with Gasteiger partial charge < -0.3 is 15.0 Å². The van der Waals surface area contributed by atoms with Crippen LogP contribution in [0, 0.1) is 11.3 Å². The van der Waals surface area contributed by atoms with Crippen LogP contribution in [0.25, 0.3) is 0 Å². The summed E-state index contributed by atoms with van der Waals surface area (Å²) in [5.74, 6) is 0.404. The molecule has 1 amide bonds. The summed E-state index contributed by atoms with van der Waals surface area (Å²) in [5, 5.41) is 12.0. The van der Waals surface area contributed by atoms with Crippen molar-refractivity contribution in [3.05, 3.63) is 22.8 Å². The second kappa shape index (κ2) is 6.55. The van der Waals surface area contributed by atoms with Gasteiger partial charge in [0.1, 0.15) is 17.0 Å². The van der Waals surface area contributed by atoms with E-state index < -0.39 is 6.04 Å². The zero-order valence-corrected chi connectivity index (χ0v) is 11.9. The van der Waals surface area contributed by atoms with E-state index in [4.69, 9.17) is 21.6 Å². The van der Waals surface area contributed by atoms with Crippen LogP contribution in [-0.4, -0.2) is 43.2 Å². The lowest BCUT2D eigenvalue weighted by Crippen LogP contribution is -2.54. The number of carbonyl (C=O) groups is 1. The number of ether oxygens (including phenoxy) is 1. The van der Waals surface area contributed by atoms with Crippen molar-refractivity contribution in [2.45, 2.75) is 13.0 Å². The van der Waals surface area contributed by atoms with Gasteiger partial charge in [-0.1, -0.05) is 11.6 Å². The number of morpholine rings is 1. The Morgan fingerprint density at radius 1 is 1.70 bits per heavy atom. The number of aromatic nitrogens is 1. The van der Waals surface area contributed by atoms with E-state index in [1.165, 1.54) is 6.07 Å². The van der Waals surface area contributed by atoms with Crippen LogP contribution < -0.4 is 10.2 Å². The van der Waals surface area contributed by atoms with Crippen molar-refractivity contribution in [2.75, 3.05) is 31.2 Å². The quantitative estimate of drug-likeness (QED) is 0.840. The van der Waals surface area contributed by atoms with E-state index in [1.54, 1.807) is 6.07 Å². The van der Waals surface area contributed by atoms with E-state index >= 15 is 0 Å². The van der Waals surface area contributed by atoms with Gasteiger partial charge in [0, 0.05) is 13.1 Å². The smallest absolute Gasteiger partial charge is 0.245 e. The van der Waals surface area contributed by atoms with Crippen LogP contribution in [0.5, 0.6) is 0 Å². The lowest BCUT2D eigenvalue weighted by molar-refractivity contribution is -0.124. The topological polar surface area (TPSA) is 78.2 Å². The second-order valence-electron chi connectivity index (χ2n) is 4.33. The van der Waals surface area contributed by atoms with Crippen LogP contribution in [0.2, 0.25) is 5.15 Å². The predicted molar refractivity (Wildman–Crippen MR) is 74.6 cm³/mol. The predicted octanol–water partition coefficient (Wildman–Crippen LogP) is 0.948. The molecule has 1 unspecified atom stereocenters. The van der Waals surface area contributed by atoms with Crippen molar-refractivity contribution in [3.8, 4) is 6.07 Å². The third-order valence-corrected chi connectivity index (χ3v) is 3.18. The molecule has 1 atom stereocenters. The Labute approximate surface area is 122 Å². The molecule has 0 saturated carbocycles. The Morgan fingerprint density at radius 3 is 3.20 bits per heavy atom. The lowest BCUT2D eigenvalue weighted by Gasteiger charge is -2.35. The van der Waals surface area contributed by atoms with E-state index in [2.05, 4.69) is 10.3 Å². The summed E-state index contributed by atoms with van der Waals surface area (Å²) in [7, 11) is 0. The molecule has 1 N–H and O–H groups in total. The van der Waals surface area contributed by atoms with Gasteiger partial charge in [0.2, 0.25) is 5.91 Å². The number of nitrogens with zero attached hydrogens (tertiary/aromatic N) is 3. The molecule has 0 aromatic carbocycles. The molecule has 1 aromatic heterocycles. The molecule has 106 valence electrons. The molecular formula is C13H15ClN4O2. The normalized spacial score (nSPS) is 18.4. The number of rotatable bonds is 3. The third kappa shape index (κ3) is 3.18. The monoisotopic (exact) mass is 294 g/mol. The standard InChI is InChI=1S/C13H15ClN4O2/c1-2-16-13(19)10-8-20-4-3-18(10)12-6-9(7-15)5-11(14)17-12/h5-6,10H,2-4,8H2,1H3,(H,16,19). The summed E-state index contributed by atoms with van der Waals surface area (Å²) in [6.45, 7) is 3.74. The number of nitrogens with one attached hydrogen (secondary N) is 1. The van der Waals surface area contributed by atoms with E-state index in [0.717, 1.165) is 0 Å². The number of amides is 1. The summed E-state index contributed by atoms with van der Waals surface area (Å²) in [5.41, 5.74) is 0.418. The van der Waals surface area contributed by atoms with E-state index in [-0.39, 0.29) is 11.1 Å². The summed E-state index contributed by atoms with van der Waals surface area (Å²) in [4.78, 5) is 18.1. The molecular weight excluding hydrogens is 280 g/mol. The molecule has 0 bridgehead atoms. The number of nitriles is 1. The van der Waals surface area contributed by atoms with Gasteiger partial charge in [-0.3, -0.25) is 4.79 Å². The fraction of sp³-hybridized carbons (Fsp3) is 0.462. The van der Waals surface area contributed by atoms with Gasteiger partial charge in [0.25, 0.3) is 0 Å². The molecule has 7 heteroatoms. The molecule has 1 aromatic rings. The number of likely N-dealkylation sites (N-methyl/N-ethyl adjacent to an activating group) is 1. The molecule has 1 aliphatic heterocycles. The Kier molecular flexibility index (Phi) is 4.77. The van der Waals surface area contributed by atoms with Gasteiger partial charge in [0.05, 0.1) is 24.8 Å². The second-order valence-corrected chi connectivity index (χ2v) is 4.71. The summed E-state index contributed by atoms with van der Waals surface area (Å²) >= 11 is 5.92. The minimum absolute atomic E-state index is 0.118. The first-order chi connectivity index (χ1) is 9.65. The molecule has 6 nitrogen and oxygen atoms in total. The molecule has 0 radical (unpaired) electrons. The van der Waals surface area contributed by atoms with Gasteiger partial charge in [-0.05, 0) is 19.1 Å². The van der Waals surface area contributed by atoms with E-state index in [9.17, 15) is 4.79 Å². The maximum absolute atomic E-state index is 12.1. The highest BCUT2D eigenvalue weighted by Gasteiger charge is 2.30. The van der Waals surface area contributed by atoms with Gasteiger partial charge in [-0.15, -0.1) is 0 Å². The molecule has 20 heavy (non-hydrogen) atoms. The SMILES string of the molecule is CCNC(=O)C1COCCN1c1cc(C#N)cc(Cl)n1. The van der Waals surface area contributed by atoms with Crippen molar-refractivity contribution < 1.29 is 9.53 Å². The van der Waals surface area contributed by atoms with Crippen LogP contribution in [0.3, 0.4) is 0 Å². The fourth-order valence-corrected chi connectivity index (χ4v) is 2.29. The van der Waals surface area contributed by atoms with E-state index in [0.29, 0.717) is 37.7 Å². The minimum Gasteiger partial charge on any atom is -0.377 e. The highest BCUT2D eigenvalue weighted by atomic mass is 35.5. The fourth-order valence-electron chi connectivity index (χ4n) is 2.08. The first kappa shape index (κ1) is 14.6. The zero-order chi connectivity index (χ0) is 14.5. The number of anilines is 1. The number of hydrogen-bond acceptors (Lipinski definition) is 5. The Hall–Kier alpha value is -1.84. The van der Waals surface area contributed by atoms with Crippen LogP contribution in [0.15, 0.2) is 12.1 Å². The van der Waals surface area contributed by atoms with Crippen molar-refractivity contribution >= 4 is 23.3 Å². The van der Waals surface area contributed by atoms with Crippen LogP contribution in [0.1, 0.15) is 12.5 Å². The molecule has 2 heterocycles. The highest BCUT2D eigenvalue weighted by molar-refractivity contribution is 6.29. The van der Waals surface area contributed by atoms with Crippen LogP contribution in [-0.2, 0) is 9.53 Å². The number of pyridine rings is 1. The third-order valence-electron chi connectivity index (χ3n) is 2.99. The Balaban J connectivity index is 2.30. The molecule has 1 saturated heterocycles. The lowest BCUT2D eigenvalue weighted by atomic mass is 10.2. The Bertz CT molecular complexity index is 544. The summed E-state index contributed by atoms with van der Waals surface area (Å²) in [6.07, 6.45) is 0. The van der Waals surface area contributed by atoms with Crippen molar-refractivity contribution in [2.24, 2.45) is 0 Å². The molecule has 0 aliphatic carbocycles. The van der Waals surface area contributed by atoms with Crippen molar-refractivity contribution in [3.63, 3.8) is 0 Å². The maximum Gasteiger partial charge on any atom is 0.245 e. The minimum atomic E-state index is -0.457. The molecule has 0 spiro atoms. The van der Waals surface area contributed by atoms with Gasteiger partial charge in [0.15, 0.2) is 0 Å². The number of carbonyl (C=O) groups excluding carboxylic acids is 1. The summed E-state index contributed by atoms with van der Waals surface area (Å²) in [6, 6.07) is 4.70. The highest BCUT2D eigenvalue weighted by Crippen LogP contribution is 2.21. The van der Waals surface area contributed by atoms with Crippen LogP contribution in [0.4, 0.5) is 5.82 Å². The average molecular weight is 295 g/mol. The van der Waals surface area contributed by atoms with Gasteiger partial charge in [-0.2, -0.15) is 5.26 Å². The van der Waals surface area contributed by atoms with Gasteiger partial charge in [-0.25, -0.2) is 4.98 Å². The van der Waals surface area contributed by atoms with Crippen molar-refractivity contribution in [1.29, 1.82) is 5.26 Å². The molecule has 1 aliphatic rings. The van der Waals surface area contributed by atoms with Gasteiger partial charge >= 0.3 is 0 Å². The molecule has 2 rings (SSSR count).